The fourth-order valence-corrected chi connectivity index (χ4v) is 1.52. The number of halogens is 1. The van der Waals surface area contributed by atoms with Gasteiger partial charge in [-0.3, -0.25) is 4.79 Å². The minimum absolute atomic E-state index is 0.225. The highest BCUT2D eigenvalue weighted by atomic mass is 19.1. The SMILES string of the molecule is CNC(=O)c1cc(F)cc(Oc2ccccc2)c1. The monoisotopic (exact) mass is 245 g/mol. The summed E-state index contributed by atoms with van der Waals surface area (Å²) in [6.45, 7) is 0. The number of nitrogens with one attached hydrogen (secondary N) is 1. The van der Waals surface area contributed by atoms with Crippen LogP contribution in [0.15, 0.2) is 48.5 Å². The normalized spacial score (nSPS) is 9.89. The molecule has 92 valence electrons. The van der Waals surface area contributed by atoms with Crippen LogP contribution < -0.4 is 10.1 Å². The van der Waals surface area contributed by atoms with E-state index < -0.39 is 5.82 Å². The van der Waals surface area contributed by atoms with E-state index in [1.807, 2.05) is 18.2 Å². The lowest BCUT2D eigenvalue weighted by molar-refractivity contribution is 0.0962. The number of rotatable bonds is 3. The summed E-state index contributed by atoms with van der Waals surface area (Å²) in [5.74, 6) is 0.0141. The van der Waals surface area contributed by atoms with E-state index in [-0.39, 0.29) is 11.5 Å². The molecule has 2 rings (SSSR count). The number of carbonyl (C=O) groups excluding carboxylic acids is 1. The van der Waals surface area contributed by atoms with Crippen molar-refractivity contribution >= 4 is 5.91 Å². The van der Waals surface area contributed by atoms with Crippen LogP contribution in [0.5, 0.6) is 11.5 Å². The molecule has 3 nitrogen and oxygen atoms in total. The Balaban J connectivity index is 2.28. The number of carbonyl (C=O) groups is 1. The van der Waals surface area contributed by atoms with E-state index in [2.05, 4.69) is 5.32 Å². The quantitative estimate of drug-likeness (QED) is 0.902. The topological polar surface area (TPSA) is 38.3 Å². The van der Waals surface area contributed by atoms with Crippen LogP contribution >= 0.6 is 0 Å². The van der Waals surface area contributed by atoms with Gasteiger partial charge in [0.05, 0.1) is 0 Å². The molecular weight excluding hydrogens is 233 g/mol. The van der Waals surface area contributed by atoms with Crippen LogP contribution in [0.4, 0.5) is 4.39 Å². The summed E-state index contributed by atoms with van der Waals surface area (Å²) in [6, 6.07) is 12.9. The van der Waals surface area contributed by atoms with E-state index in [9.17, 15) is 9.18 Å². The fourth-order valence-electron chi connectivity index (χ4n) is 1.52. The van der Waals surface area contributed by atoms with Gasteiger partial charge in [0.2, 0.25) is 0 Å². The molecule has 0 aliphatic heterocycles. The molecule has 0 unspecified atom stereocenters. The predicted octanol–water partition coefficient (Wildman–Crippen LogP) is 2.98. The van der Waals surface area contributed by atoms with Crippen molar-refractivity contribution in [3.63, 3.8) is 0 Å². The molecule has 0 atom stereocenters. The number of ether oxygens (including phenoxy) is 1. The molecule has 2 aromatic carbocycles. The Bertz CT molecular complexity index is 555. The first-order valence-corrected chi connectivity index (χ1v) is 5.44. The van der Waals surface area contributed by atoms with Gasteiger partial charge in [0.1, 0.15) is 17.3 Å². The Morgan fingerprint density at radius 1 is 1.11 bits per heavy atom. The summed E-state index contributed by atoms with van der Waals surface area (Å²) in [4.78, 5) is 11.4. The third-order valence-electron chi connectivity index (χ3n) is 2.34. The Kier molecular flexibility index (Phi) is 3.57. The van der Waals surface area contributed by atoms with Crippen LogP contribution in [0.1, 0.15) is 10.4 Å². The molecule has 0 bridgehead atoms. The smallest absolute Gasteiger partial charge is 0.251 e. The molecular formula is C14H12FNO2. The molecule has 1 amide bonds. The summed E-state index contributed by atoms with van der Waals surface area (Å²) >= 11 is 0. The van der Waals surface area contributed by atoms with Gasteiger partial charge in [-0.2, -0.15) is 0 Å². The third-order valence-corrected chi connectivity index (χ3v) is 2.34. The van der Waals surface area contributed by atoms with Crippen molar-refractivity contribution in [3.8, 4) is 11.5 Å². The molecule has 2 aromatic rings. The third kappa shape index (κ3) is 2.85. The van der Waals surface area contributed by atoms with Crippen LogP contribution in [0.25, 0.3) is 0 Å². The van der Waals surface area contributed by atoms with Crippen molar-refractivity contribution < 1.29 is 13.9 Å². The largest absolute Gasteiger partial charge is 0.457 e. The van der Waals surface area contributed by atoms with Crippen molar-refractivity contribution in [2.24, 2.45) is 0 Å². The average molecular weight is 245 g/mol. The van der Waals surface area contributed by atoms with Crippen LogP contribution in [0.2, 0.25) is 0 Å². The zero-order chi connectivity index (χ0) is 13.0. The van der Waals surface area contributed by atoms with Gasteiger partial charge >= 0.3 is 0 Å². The van der Waals surface area contributed by atoms with Gasteiger partial charge in [0.15, 0.2) is 0 Å². The maximum Gasteiger partial charge on any atom is 0.251 e. The lowest BCUT2D eigenvalue weighted by Crippen LogP contribution is -2.17. The molecule has 0 saturated carbocycles. The maximum atomic E-state index is 13.4. The summed E-state index contributed by atoms with van der Waals surface area (Å²) in [6.07, 6.45) is 0. The molecule has 0 spiro atoms. The number of benzene rings is 2. The van der Waals surface area contributed by atoms with Crippen molar-refractivity contribution in [1.82, 2.24) is 5.32 Å². The molecule has 0 radical (unpaired) electrons. The summed E-state index contributed by atoms with van der Waals surface area (Å²) in [5, 5.41) is 2.44. The number of amides is 1. The van der Waals surface area contributed by atoms with Gasteiger partial charge in [0.25, 0.3) is 5.91 Å². The molecule has 0 aromatic heterocycles. The zero-order valence-electron chi connectivity index (χ0n) is 9.81. The molecule has 0 aliphatic carbocycles. The average Bonchev–Trinajstić information content (AvgIpc) is 2.38. The predicted molar refractivity (Wildman–Crippen MR) is 66.3 cm³/mol. The van der Waals surface area contributed by atoms with Crippen LogP contribution in [0, 0.1) is 5.82 Å². The lowest BCUT2D eigenvalue weighted by atomic mass is 10.2. The van der Waals surface area contributed by atoms with E-state index in [1.165, 1.54) is 19.2 Å². The Morgan fingerprint density at radius 2 is 1.83 bits per heavy atom. The van der Waals surface area contributed by atoms with E-state index in [4.69, 9.17) is 4.74 Å². The van der Waals surface area contributed by atoms with Gasteiger partial charge in [-0.25, -0.2) is 4.39 Å². The maximum absolute atomic E-state index is 13.4. The Morgan fingerprint density at radius 3 is 2.50 bits per heavy atom. The number of hydrogen-bond acceptors (Lipinski definition) is 2. The molecule has 18 heavy (non-hydrogen) atoms. The Hall–Kier alpha value is -2.36. The van der Waals surface area contributed by atoms with Gasteiger partial charge in [-0.05, 0) is 24.3 Å². The fraction of sp³-hybridized carbons (Fsp3) is 0.0714. The van der Waals surface area contributed by atoms with Crippen molar-refractivity contribution in [2.75, 3.05) is 7.05 Å². The highest BCUT2D eigenvalue weighted by Gasteiger charge is 2.08. The van der Waals surface area contributed by atoms with Crippen molar-refractivity contribution in [1.29, 1.82) is 0 Å². The summed E-state index contributed by atoms with van der Waals surface area (Å²) in [5.41, 5.74) is 0.225. The van der Waals surface area contributed by atoms with E-state index in [0.717, 1.165) is 6.07 Å². The molecule has 0 heterocycles. The second kappa shape index (κ2) is 5.31. The second-order valence-electron chi connectivity index (χ2n) is 3.67. The van der Waals surface area contributed by atoms with Crippen LogP contribution in [0.3, 0.4) is 0 Å². The first kappa shape index (κ1) is 12.1. The second-order valence-corrected chi connectivity index (χ2v) is 3.67. The highest BCUT2D eigenvalue weighted by Crippen LogP contribution is 2.23. The van der Waals surface area contributed by atoms with Crippen molar-refractivity contribution in [2.45, 2.75) is 0 Å². The van der Waals surface area contributed by atoms with E-state index >= 15 is 0 Å². The molecule has 0 saturated heterocycles. The summed E-state index contributed by atoms with van der Waals surface area (Å²) < 4.78 is 18.8. The Labute approximate surface area is 104 Å². The van der Waals surface area contributed by atoms with Gasteiger partial charge in [-0.15, -0.1) is 0 Å². The summed E-state index contributed by atoms with van der Waals surface area (Å²) in [7, 11) is 1.49. The van der Waals surface area contributed by atoms with E-state index in [0.29, 0.717) is 11.5 Å². The van der Waals surface area contributed by atoms with E-state index in [1.54, 1.807) is 12.1 Å². The standard InChI is InChI=1S/C14H12FNO2/c1-16-14(17)10-7-11(15)9-13(8-10)18-12-5-3-2-4-6-12/h2-9H,1H3,(H,16,17). The first-order valence-electron chi connectivity index (χ1n) is 5.44. The number of hydrogen-bond donors (Lipinski definition) is 1. The van der Waals surface area contributed by atoms with Gasteiger partial charge < -0.3 is 10.1 Å². The highest BCUT2D eigenvalue weighted by molar-refractivity contribution is 5.94. The zero-order valence-corrected chi connectivity index (χ0v) is 9.81. The molecule has 0 fully saturated rings. The minimum atomic E-state index is -0.512. The minimum Gasteiger partial charge on any atom is -0.457 e. The molecule has 4 heteroatoms. The number of para-hydroxylation sites is 1. The van der Waals surface area contributed by atoms with Crippen LogP contribution in [-0.4, -0.2) is 13.0 Å². The van der Waals surface area contributed by atoms with Gasteiger partial charge in [-0.1, -0.05) is 18.2 Å². The van der Waals surface area contributed by atoms with Crippen molar-refractivity contribution in [3.05, 3.63) is 59.9 Å². The van der Waals surface area contributed by atoms with Gasteiger partial charge in [0, 0.05) is 18.7 Å². The molecule has 1 N–H and O–H groups in total. The molecule has 0 aliphatic rings. The van der Waals surface area contributed by atoms with Crippen LogP contribution in [-0.2, 0) is 0 Å². The lowest BCUT2D eigenvalue weighted by Gasteiger charge is -2.07. The first-order chi connectivity index (χ1) is 8.69.